The second kappa shape index (κ2) is 7.73. The Morgan fingerprint density at radius 1 is 1.24 bits per heavy atom. The fourth-order valence-corrected chi connectivity index (χ4v) is 4.84. The molecule has 3 aliphatic rings. The fourth-order valence-electron chi connectivity index (χ4n) is 4.25. The van der Waals surface area contributed by atoms with Crippen LogP contribution in [0.5, 0.6) is 0 Å². The van der Waals surface area contributed by atoms with Crippen LogP contribution in [0.2, 0.25) is 0 Å². The van der Waals surface area contributed by atoms with Gasteiger partial charge in [0.15, 0.2) is 5.69 Å². The van der Waals surface area contributed by atoms with E-state index in [0.717, 1.165) is 46.4 Å². The van der Waals surface area contributed by atoms with E-state index in [1.54, 1.807) is 0 Å². The number of benzene rings is 1. The van der Waals surface area contributed by atoms with Crippen LogP contribution in [-0.4, -0.2) is 39.4 Å². The maximum Gasteiger partial charge on any atom is 0.434 e. The fraction of sp³-hybridized carbons (Fsp3) is 0.450. The Balaban J connectivity index is 1.45. The molecule has 3 heterocycles. The molecule has 1 aliphatic carbocycles. The lowest BCUT2D eigenvalue weighted by Crippen LogP contribution is -2.58. The van der Waals surface area contributed by atoms with Crippen molar-refractivity contribution >= 4 is 34.3 Å². The van der Waals surface area contributed by atoms with E-state index in [4.69, 9.17) is 0 Å². The molecule has 1 aromatic carbocycles. The lowest BCUT2D eigenvalue weighted by Gasteiger charge is -2.49. The average Bonchev–Trinajstić information content (AvgIpc) is 2.70. The molecule has 2 bridgehead atoms. The number of nitrogens with one attached hydrogen (secondary N) is 1. The average molecular weight is 516 g/mol. The summed E-state index contributed by atoms with van der Waals surface area (Å²) in [5.74, 6) is 0.623. The molecule has 1 amide bonds. The molecule has 29 heavy (non-hydrogen) atoms. The second-order valence-corrected chi connectivity index (χ2v) is 8.74. The summed E-state index contributed by atoms with van der Waals surface area (Å²) in [7, 11) is 0. The van der Waals surface area contributed by atoms with Crippen molar-refractivity contribution in [3.8, 4) is 0 Å². The van der Waals surface area contributed by atoms with Crippen LogP contribution in [-0.2, 0) is 6.18 Å². The lowest BCUT2D eigenvalue weighted by molar-refractivity contribution is -0.141. The molecule has 1 saturated carbocycles. The van der Waals surface area contributed by atoms with Gasteiger partial charge < -0.3 is 10.2 Å². The van der Waals surface area contributed by atoms with Crippen LogP contribution in [0.1, 0.15) is 40.9 Å². The Morgan fingerprint density at radius 3 is 2.66 bits per heavy atom. The quantitative estimate of drug-likeness (QED) is 0.611. The second-order valence-electron chi connectivity index (χ2n) is 7.66. The van der Waals surface area contributed by atoms with Gasteiger partial charge in [-0.05, 0) is 66.3 Å². The summed E-state index contributed by atoms with van der Waals surface area (Å²) in [6, 6.07) is 5.95. The van der Waals surface area contributed by atoms with Crippen molar-refractivity contribution < 1.29 is 18.0 Å². The Labute approximate surface area is 180 Å². The van der Waals surface area contributed by atoms with Gasteiger partial charge in [0.25, 0.3) is 5.91 Å². The van der Waals surface area contributed by atoms with E-state index in [9.17, 15) is 18.0 Å². The van der Waals surface area contributed by atoms with E-state index >= 15 is 0 Å². The van der Waals surface area contributed by atoms with E-state index in [1.807, 2.05) is 30.0 Å². The molecule has 0 radical (unpaired) electrons. The number of aromatic nitrogens is 2. The van der Waals surface area contributed by atoms with Crippen molar-refractivity contribution in [3.05, 3.63) is 51.0 Å². The largest absolute Gasteiger partial charge is 0.434 e. The van der Waals surface area contributed by atoms with Crippen LogP contribution in [0.4, 0.5) is 19.0 Å². The minimum atomic E-state index is -4.50. The first kappa shape index (κ1) is 20.4. The van der Waals surface area contributed by atoms with Crippen molar-refractivity contribution in [2.75, 3.05) is 11.9 Å². The van der Waals surface area contributed by atoms with Crippen LogP contribution in [0.25, 0.3) is 0 Å². The van der Waals surface area contributed by atoms with Gasteiger partial charge >= 0.3 is 6.18 Å². The topological polar surface area (TPSA) is 58.1 Å². The predicted molar refractivity (Wildman–Crippen MR) is 111 cm³/mol. The van der Waals surface area contributed by atoms with Gasteiger partial charge in [-0.1, -0.05) is 12.1 Å². The first-order chi connectivity index (χ1) is 13.7. The van der Waals surface area contributed by atoms with Crippen LogP contribution in [0, 0.1) is 16.4 Å². The van der Waals surface area contributed by atoms with Gasteiger partial charge in [-0.3, -0.25) is 4.79 Å². The number of piperidine rings is 2. The third-order valence-corrected chi connectivity index (χ3v) is 7.23. The maximum atomic E-state index is 13.1. The van der Waals surface area contributed by atoms with Crippen LogP contribution < -0.4 is 5.32 Å². The zero-order valence-electron chi connectivity index (χ0n) is 15.7. The minimum absolute atomic E-state index is 0.0561. The molecule has 3 fully saturated rings. The predicted octanol–water partition coefficient (Wildman–Crippen LogP) is 4.51. The third-order valence-electron chi connectivity index (χ3n) is 5.80. The van der Waals surface area contributed by atoms with Gasteiger partial charge in [0.2, 0.25) is 0 Å². The Hall–Kier alpha value is -1.91. The first-order valence-electron chi connectivity index (χ1n) is 9.46. The highest BCUT2D eigenvalue weighted by atomic mass is 127. The molecule has 1 aromatic heterocycles. The van der Waals surface area contributed by atoms with Crippen LogP contribution in [0.15, 0.2) is 30.6 Å². The molecule has 9 heteroatoms. The summed E-state index contributed by atoms with van der Waals surface area (Å²) in [5, 5.41) is 3.23. The number of rotatable bonds is 3. The van der Waals surface area contributed by atoms with Gasteiger partial charge in [0.05, 0.1) is 18.0 Å². The number of aryl methyl sites for hydroxylation is 1. The van der Waals surface area contributed by atoms with E-state index in [1.165, 1.54) is 0 Å². The summed E-state index contributed by atoms with van der Waals surface area (Å²) in [6.07, 6.45) is 0.0495. The molecule has 3 atom stereocenters. The first-order valence-corrected chi connectivity index (χ1v) is 10.5. The number of fused-ring (bicyclic) bond motifs is 3. The van der Waals surface area contributed by atoms with Crippen molar-refractivity contribution in [3.63, 3.8) is 0 Å². The number of anilines is 1. The van der Waals surface area contributed by atoms with E-state index in [2.05, 4.69) is 37.9 Å². The molecule has 0 spiro atoms. The molecule has 3 unspecified atom stereocenters. The van der Waals surface area contributed by atoms with Gasteiger partial charge in [-0.15, -0.1) is 0 Å². The number of alkyl halides is 3. The van der Waals surface area contributed by atoms with E-state index in [0.29, 0.717) is 12.4 Å². The molecule has 2 aliphatic heterocycles. The SMILES string of the molecule is Cc1cccc(C(=O)N2CC3CCC2CC3Nc2cnc(C(F)(F)F)cn2)c1I. The smallest absolute Gasteiger partial charge is 0.366 e. The third kappa shape index (κ3) is 4.06. The zero-order valence-corrected chi connectivity index (χ0v) is 17.9. The van der Waals surface area contributed by atoms with Gasteiger partial charge in [0, 0.05) is 22.2 Å². The number of hydrogen-bond donors (Lipinski definition) is 1. The molecule has 2 aromatic rings. The summed E-state index contributed by atoms with van der Waals surface area (Å²) in [6.45, 7) is 2.63. The van der Waals surface area contributed by atoms with Crippen LogP contribution >= 0.6 is 22.6 Å². The van der Waals surface area contributed by atoms with Gasteiger partial charge in [0.1, 0.15) is 5.82 Å². The highest BCUT2D eigenvalue weighted by molar-refractivity contribution is 14.1. The number of nitrogens with zero attached hydrogens (tertiary/aromatic N) is 3. The van der Waals surface area contributed by atoms with Crippen molar-refractivity contribution in [2.24, 2.45) is 5.92 Å². The highest BCUT2D eigenvalue weighted by Gasteiger charge is 2.43. The number of amides is 1. The summed E-state index contributed by atoms with van der Waals surface area (Å²) in [5.41, 5.74) is 0.813. The standard InChI is InChI=1S/C20H20F3IN4O/c1-11-3-2-4-14(18(11)24)19(29)28-10-12-5-6-13(28)7-15(12)27-17-9-25-16(8-26-17)20(21,22)23/h2-4,8-9,12-13,15H,5-7,10H2,1H3,(H,26,27). The molecular weight excluding hydrogens is 496 g/mol. The minimum Gasteiger partial charge on any atom is -0.366 e. The Kier molecular flexibility index (Phi) is 5.43. The summed E-state index contributed by atoms with van der Waals surface area (Å²) < 4.78 is 38.9. The highest BCUT2D eigenvalue weighted by Crippen LogP contribution is 2.38. The summed E-state index contributed by atoms with van der Waals surface area (Å²) in [4.78, 5) is 22.4. The Bertz CT molecular complexity index is 919. The van der Waals surface area contributed by atoms with Crippen LogP contribution in [0.3, 0.4) is 0 Å². The Morgan fingerprint density at radius 2 is 2.03 bits per heavy atom. The van der Waals surface area contributed by atoms with E-state index < -0.39 is 11.9 Å². The van der Waals surface area contributed by atoms with Gasteiger partial charge in [-0.25, -0.2) is 9.97 Å². The van der Waals surface area contributed by atoms with Crippen molar-refractivity contribution in [2.45, 2.75) is 44.4 Å². The molecule has 154 valence electrons. The number of carbonyl (C=O) groups is 1. The number of hydrogen-bond acceptors (Lipinski definition) is 4. The molecule has 1 N–H and O–H groups in total. The maximum absolute atomic E-state index is 13.1. The monoisotopic (exact) mass is 516 g/mol. The lowest BCUT2D eigenvalue weighted by atomic mass is 9.76. The molecule has 5 nitrogen and oxygen atoms in total. The van der Waals surface area contributed by atoms with E-state index in [-0.39, 0.29) is 23.9 Å². The van der Waals surface area contributed by atoms with Crippen molar-refractivity contribution in [1.82, 2.24) is 14.9 Å². The van der Waals surface area contributed by atoms with Crippen molar-refractivity contribution in [1.29, 1.82) is 0 Å². The molecule has 2 saturated heterocycles. The molecular formula is C20H20F3IN4O. The molecule has 5 rings (SSSR count). The normalized spacial score (nSPS) is 23.9. The number of carbonyl (C=O) groups excluding carboxylic acids is 1. The zero-order chi connectivity index (χ0) is 20.8. The van der Waals surface area contributed by atoms with Gasteiger partial charge in [-0.2, -0.15) is 13.2 Å². The summed E-state index contributed by atoms with van der Waals surface area (Å²) >= 11 is 2.22. The number of halogens is 4.